The number of rotatable bonds is 5. The van der Waals surface area contributed by atoms with E-state index in [0.717, 1.165) is 11.1 Å². The van der Waals surface area contributed by atoms with Gasteiger partial charge in [0, 0.05) is 12.0 Å². The normalized spacial score (nSPS) is 10.8. The first-order valence-electron chi connectivity index (χ1n) is 6.71. The van der Waals surface area contributed by atoms with Crippen molar-refractivity contribution in [3.8, 4) is 11.4 Å². The van der Waals surface area contributed by atoms with Crippen LogP contribution in [0.1, 0.15) is 31.7 Å². The summed E-state index contributed by atoms with van der Waals surface area (Å²) in [5, 5.41) is 6.70. The van der Waals surface area contributed by atoms with E-state index in [1.807, 2.05) is 45.0 Å². The molecule has 1 aromatic heterocycles. The number of hydrogen-bond acceptors (Lipinski definition) is 4. The van der Waals surface area contributed by atoms with E-state index >= 15 is 0 Å². The molecule has 5 nitrogen and oxygen atoms in total. The van der Waals surface area contributed by atoms with Gasteiger partial charge in [-0.3, -0.25) is 4.79 Å². The van der Waals surface area contributed by atoms with Crippen molar-refractivity contribution in [2.75, 3.05) is 0 Å². The van der Waals surface area contributed by atoms with Gasteiger partial charge in [0.25, 0.3) is 0 Å². The minimum absolute atomic E-state index is 0.00435. The van der Waals surface area contributed by atoms with E-state index in [1.54, 1.807) is 0 Å². The molecule has 2 aromatic rings. The van der Waals surface area contributed by atoms with Gasteiger partial charge in [-0.1, -0.05) is 42.8 Å². The third kappa shape index (κ3) is 3.91. The Morgan fingerprint density at radius 3 is 2.90 bits per heavy atom. The molecule has 106 valence electrons. The Bertz CT molecular complexity index is 590. The second kappa shape index (κ2) is 6.32. The van der Waals surface area contributed by atoms with Crippen LogP contribution in [-0.2, 0) is 11.3 Å². The minimum Gasteiger partial charge on any atom is -0.347 e. The van der Waals surface area contributed by atoms with Gasteiger partial charge in [-0.15, -0.1) is 0 Å². The van der Waals surface area contributed by atoms with Crippen LogP contribution in [0, 0.1) is 12.8 Å². The Kier molecular flexibility index (Phi) is 4.50. The second-order valence-corrected chi connectivity index (χ2v) is 5.26. The highest BCUT2D eigenvalue weighted by Crippen LogP contribution is 2.16. The Morgan fingerprint density at radius 1 is 1.40 bits per heavy atom. The van der Waals surface area contributed by atoms with Crippen molar-refractivity contribution in [1.29, 1.82) is 0 Å². The molecule has 0 aliphatic heterocycles. The summed E-state index contributed by atoms with van der Waals surface area (Å²) in [4.78, 5) is 15.8. The van der Waals surface area contributed by atoms with Gasteiger partial charge < -0.3 is 9.84 Å². The van der Waals surface area contributed by atoms with Crippen molar-refractivity contribution in [3.05, 3.63) is 35.7 Å². The summed E-state index contributed by atoms with van der Waals surface area (Å²) >= 11 is 0. The van der Waals surface area contributed by atoms with Gasteiger partial charge >= 0.3 is 0 Å². The fourth-order valence-corrected chi connectivity index (χ4v) is 1.85. The summed E-state index contributed by atoms with van der Waals surface area (Å²) in [6.45, 7) is 6.28. The molecule has 0 bridgehead atoms. The highest BCUT2D eigenvalue weighted by atomic mass is 16.5. The molecule has 1 heterocycles. The highest BCUT2D eigenvalue weighted by molar-refractivity contribution is 5.75. The van der Waals surface area contributed by atoms with E-state index < -0.39 is 0 Å². The maximum absolute atomic E-state index is 11.5. The summed E-state index contributed by atoms with van der Waals surface area (Å²) in [5.41, 5.74) is 2.05. The molecule has 2 rings (SSSR count). The standard InChI is InChI=1S/C15H19N3O2/c1-10(2)7-13(19)16-9-14-17-15(18-20-14)12-6-4-5-11(3)8-12/h4-6,8,10H,7,9H2,1-3H3,(H,16,19). The van der Waals surface area contributed by atoms with Crippen molar-refractivity contribution in [1.82, 2.24) is 15.5 Å². The van der Waals surface area contributed by atoms with Crippen LogP contribution in [0.25, 0.3) is 11.4 Å². The number of carbonyl (C=O) groups excluding carboxylic acids is 1. The lowest BCUT2D eigenvalue weighted by Crippen LogP contribution is -2.24. The Morgan fingerprint density at radius 2 is 2.20 bits per heavy atom. The SMILES string of the molecule is Cc1cccc(-c2noc(CNC(=O)CC(C)C)n2)c1. The average Bonchev–Trinajstić information content (AvgIpc) is 2.84. The largest absolute Gasteiger partial charge is 0.347 e. The molecular formula is C15H19N3O2. The molecule has 1 amide bonds. The number of nitrogens with one attached hydrogen (secondary N) is 1. The van der Waals surface area contributed by atoms with Gasteiger partial charge in [-0.2, -0.15) is 4.98 Å². The lowest BCUT2D eigenvalue weighted by Gasteiger charge is -2.04. The number of amides is 1. The highest BCUT2D eigenvalue weighted by Gasteiger charge is 2.10. The van der Waals surface area contributed by atoms with Crippen molar-refractivity contribution in [2.45, 2.75) is 33.7 Å². The second-order valence-electron chi connectivity index (χ2n) is 5.26. The van der Waals surface area contributed by atoms with Crippen LogP contribution < -0.4 is 5.32 Å². The van der Waals surface area contributed by atoms with Crippen molar-refractivity contribution in [3.63, 3.8) is 0 Å². The van der Waals surface area contributed by atoms with Gasteiger partial charge in [-0.25, -0.2) is 0 Å². The first-order valence-corrected chi connectivity index (χ1v) is 6.71. The molecule has 20 heavy (non-hydrogen) atoms. The van der Waals surface area contributed by atoms with E-state index in [-0.39, 0.29) is 12.5 Å². The average molecular weight is 273 g/mol. The molecule has 0 atom stereocenters. The number of benzene rings is 1. The molecular weight excluding hydrogens is 254 g/mol. The molecule has 1 N–H and O–H groups in total. The van der Waals surface area contributed by atoms with Crippen LogP contribution in [0.2, 0.25) is 0 Å². The summed E-state index contributed by atoms with van der Waals surface area (Å²) in [5.74, 6) is 1.29. The van der Waals surface area contributed by atoms with Gasteiger partial charge in [0.2, 0.25) is 17.6 Å². The summed E-state index contributed by atoms with van der Waals surface area (Å²) in [6.07, 6.45) is 0.499. The van der Waals surface area contributed by atoms with Crippen LogP contribution in [0.4, 0.5) is 0 Å². The summed E-state index contributed by atoms with van der Waals surface area (Å²) in [6, 6.07) is 7.88. The number of aryl methyl sites for hydroxylation is 1. The zero-order valence-electron chi connectivity index (χ0n) is 12.0. The van der Waals surface area contributed by atoms with Gasteiger partial charge in [0.05, 0.1) is 6.54 Å². The Balaban J connectivity index is 1.97. The van der Waals surface area contributed by atoms with Crippen LogP contribution in [0.15, 0.2) is 28.8 Å². The van der Waals surface area contributed by atoms with Crippen LogP contribution in [-0.4, -0.2) is 16.0 Å². The van der Waals surface area contributed by atoms with Gasteiger partial charge in [-0.05, 0) is 18.9 Å². The smallest absolute Gasteiger partial charge is 0.246 e. The molecule has 0 aliphatic rings. The van der Waals surface area contributed by atoms with E-state index in [9.17, 15) is 4.79 Å². The molecule has 1 aromatic carbocycles. The monoisotopic (exact) mass is 273 g/mol. The molecule has 0 spiro atoms. The minimum atomic E-state index is -0.00435. The number of carbonyl (C=O) groups is 1. The van der Waals surface area contributed by atoms with E-state index in [1.165, 1.54) is 0 Å². The fraction of sp³-hybridized carbons (Fsp3) is 0.400. The third-order valence-corrected chi connectivity index (χ3v) is 2.77. The molecule has 0 radical (unpaired) electrons. The summed E-state index contributed by atoms with van der Waals surface area (Å²) < 4.78 is 5.14. The number of nitrogens with zero attached hydrogens (tertiary/aromatic N) is 2. The fourth-order valence-electron chi connectivity index (χ4n) is 1.85. The predicted octanol–water partition coefficient (Wildman–Crippen LogP) is 2.71. The van der Waals surface area contributed by atoms with E-state index in [2.05, 4.69) is 15.5 Å². The number of aromatic nitrogens is 2. The third-order valence-electron chi connectivity index (χ3n) is 2.77. The van der Waals surface area contributed by atoms with Crippen molar-refractivity contribution in [2.24, 2.45) is 5.92 Å². The topological polar surface area (TPSA) is 68.0 Å². The van der Waals surface area contributed by atoms with Gasteiger partial charge in [0.1, 0.15) is 0 Å². The number of hydrogen-bond donors (Lipinski definition) is 1. The first-order chi connectivity index (χ1) is 9.54. The molecule has 0 saturated carbocycles. The Hall–Kier alpha value is -2.17. The van der Waals surface area contributed by atoms with E-state index in [4.69, 9.17) is 4.52 Å². The summed E-state index contributed by atoms with van der Waals surface area (Å²) in [7, 11) is 0. The maximum Gasteiger partial charge on any atom is 0.246 e. The molecule has 0 saturated heterocycles. The van der Waals surface area contributed by atoms with Crippen molar-refractivity contribution >= 4 is 5.91 Å². The molecule has 0 unspecified atom stereocenters. The quantitative estimate of drug-likeness (QED) is 0.909. The first kappa shape index (κ1) is 14.2. The predicted molar refractivity (Wildman–Crippen MR) is 75.8 cm³/mol. The lowest BCUT2D eigenvalue weighted by atomic mass is 10.1. The molecule has 0 aliphatic carbocycles. The molecule has 5 heteroatoms. The maximum atomic E-state index is 11.5. The molecule has 0 fully saturated rings. The Labute approximate surface area is 118 Å². The van der Waals surface area contributed by atoms with Crippen LogP contribution in [0.5, 0.6) is 0 Å². The van der Waals surface area contributed by atoms with Crippen LogP contribution >= 0.6 is 0 Å². The zero-order valence-corrected chi connectivity index (χ0v) is 12.0. The van der Waals surface area contributed by atoms with Gasteiger partial charge in [0.15, 0.2) is 0 Å². The zero-order chi connectivity index (χ0) is 14.5. The van der Waals surface area contributed by atoms with Crippen molar-refractivity contribution < 1.29 is 9.32 Å². The van der Waals surface area contributed by atoms with E-state index in [0.29, 0.717) is 24.1 Å². The lowest BCUT2D eigenvalue weighted by molar-refractivity contribution is -0.122. The van der Waals surface area contributed by atoms with Crippen LogP contribution in [0.3, 0.4) is 0 Å².